The highest BCUT2D eigenvalue weighted by atomic mass is 32.2. The van der Waals surface area contributed by atoms with Gasteiger partial charge in [-0.1, -0.05) is 13.8 Å². The molecule has 0 aliphatic rings. The van der Waals surface area contributed by atoms with Crippen LogP contribution in [0.5, 0.6) is 0 Å². The Balaban J connectivity index is 3.38. The van der Waals surface area contributed by atoms with Gasteiger partial charge in [-0.05, 0) is 31.4 Å². The largest absolute Gasteiger partial charge is 0.314 e. The number of thioether (sulfide) groups is 1. The molecule has 2 atom stereocenters. The van der Waals surface area contributed by atoms with Gasteiger partial charge in [-0.3, -0.25) is 0 Å². The maximum atomic E-state index is 3.42. The highest BCUT2D eigenvalue weighted by Gasteiger charge is 2.08. The van der Waals surface area contributed by atoms with E-state index in [1.54, 1.807) is 0 Å². The number of hydrogen-bond donors (Lipinski definition) is 1. The van der Waals surface area contributed by atoms with Crippen LogP contribution in [-0.4, -0.2) is 24.6 Å². The molecule has 0 radical (unpaired) electrons. The monoisotopic (exact) mass is 161 g/mol. The first-order chi connectivity index (χ1) is 4.72. The number of nitrogens with one attached hydrogen (secondary N) is 1. The second-order valence-corrected chi connectivity index (χ2v) is 3.69. The molecule has 0 aliphatic carbocycles. The van der Waals surface area contributed by atoms with Crippen molar-refractivity contribution in [1.82, 2.24) is 5.32 Å². The Bertz CT molecular complexity index is 65.7. The van der Waals surface area contributed by atoms with E-state index in [1.807, 2.05) is 11.8 Å². The van der Waals surface area contributed by atoms with E-state index < -0.39 is 0 Å². The molecule has 0 amide bonds. The Hall–Kier alpha value is 0.310. The van der Waals surface area contributed by atoms with Crippen LogP contribution in [0.4, 0.5) is 0 Å². The first-order valence-electron chi connectivity index (χ1n) is 3.94. The van der Waals surface area contributed by atoms with Crippen LogP contribution >= 0.6 is 11.8 Å². The van der Waals surface area contributed by atoms with Crippen molar-refractivity contribution in [3.8, 4) is 0 Å². The second-order valence-electron chi connectivity index (χ2n) is 2.78. The van der Waals surface area contributed by atoms with Crippen LogP contribution in [0.25, 0.3) is 0 Å². The van der Waals surface area contributed by atoms with Crippen molar-refractivity contribution >= 4 is 11.8 Å². The predicted molar refractivity (Wildman–Crippen MR) is 50.7 cm³/mol. The number of rotatable bonds is 5. The molecule has 62 valence electrons. The van der Waals surface area contributed by atoms with Gasteiger partial charge in [0.25, 0.3) is 0 Å². The highest BCUT2D eigenvalue weighted by Crippen LogP contribution is 2.08. The molecule has 2 unspecified atom stereocenters. The molecular weight excluding hydrogens is 142 g/mol. The van der Waals surface area contributed by atoms with Crippen molar-refractivity contribution in [3.63, 3.8) is 0 Å². The molecule has 1 N–H and O–H groups in total. The van der Waals surface area contributed by atoms with Crippen LogP contribution in [-0.2, 0) is 0 Å². The zero-order chi connectivity index (χ0) is 7.98. The van der Waals surface area contributed by atoms with Crippen LogP contribution < -0.4 is 5.32 Å². The van der Waals surface area contributed by atoms with Gasteiger partial charge in [0, 0.05) is 6.04 Å². The fraction of sp³-hybridized carbons (Fsp3) is 1.00. The second kappa shape index (κ2) is 6.05. The summed E-state index contributed by atoms with van der Waals surface area (Å²) >= 11 is 1.92. The average Bonchev–Trinajstić information content (AvgIpc) is 1.89. The van der Waals surface area contributed by atoms with Crippen molar-refractivity contribution in [2.24, 2.45) is 5.92 Å². The lowest BCUT2D eigenvalue weighted by molar-refractivity contribution is 0.443. The molecule has 2 heteroatoms. The maximum absolute atomic E-state index is 3.42. The van der Waals surface area contributed by atoms with E-state index in [0.717, 1.165) is 12.5 Å². The van der Waals surface area contributed by atoms with E-state index in [-0.39, 0.29) is 0 Å². The van der Waals surface area contributed by atoms with E-state index in [1.165, 1.54) is 5.75 Å². The van der Waals surface area contributed by atoms with E-state index in [9.17, 15) is 0 Å². The van der Waals surface area contributed by atoms with Crippen molar-refractivity contribution in [1.29, 1.82) is 0 Å². The molecule has 0 aromatic rings. The zero-order valence-electron chi connectivity index (χ0n) is 7.48. The van der Waals surface area contributed by atoms with Gasteiger partial charge in [0.1, 0.15) is 0 Å². The molecule has 0 saturated carbocycles. The third-order valence-electron chi connectivity index (χ3n) is 1.81. The minimum atomic E-state index is 0.664. The van der Waals surface area contributed by atoms with Gasteiger partial charge in [-0.15, -0.1) is 0 Å². The standard InChI is InChI=1S/C8H19NS/c1-5-9-8(3)7(2)6-10-4/h7-9H,5-6H2,1-4H3. The quantitative estimate of drug-likeness (QED) is 0.662. The van der Waals surface area contributed by atoms with Gasteiger partial charge in [-0.2, -0.15) is 11.8 Å². The summed E-state index contributed by atoms with van der Waals surface area (Å²) in [5.41, 5.74) is 0. The molecule has 0 bridgehead atoms. The first kappa shape index (κ1) is 10.3. The molecule has 0 rings (SSSR count). The summed E-state index contributed by atoms with van der Waals surface area (Å²) in [6.45, 7) is 7.79. The summed E-state index contributed by atoms with van der Waals surface area (Å²) in [7, 11) is 0. The normalized spacial score (nSPS) is 16.8. The molecule has 0 fully saturated rings. The van der Waals surface area contributed by atoms with Gasteiger partial charge in [0.2, 0.25) is 0 Å². The summed E-state index contributed by atoms with van der Waals surface area (Å²) in [4.78, 5) is 0. The SMILES string of the molecule is CCNC(C)C(C)CSC. The summed E-state index contributed by atoms with van der Waals surface area (Å²) in [5.74, 6) is 2.05. The first-order valence-corrected chi connectivity index (χ1v) is 5.34. The Morgan fingerprint density at radius 2 is 2.00 bits per heavy atom. The number of hydrogen-bond acceptors (Lipinski definition) is 2. The van der Waals surface area contributed by atoms with Gasteiger partial charge in [-0.25, -0.2) is 0 Å². The molecule has 0 heterocycles. The lowest BCUT2D eigenvalue weighted by Crippen LogP contribution is -2.32. The topological polar surface area (TPSA) is 12.0 Å². The molecular formula is C8H19NS. The summed E-state index contributed by atoms with van der Waals surface area (Å²) < 4.78 is 0. The molecule has 1 nitrogen and oxygen atoms in total. The Labute approximate surface area is 69.0 Å². The van der Waals surface area contributed by atoms with Crippen molar-refractivity contribution in [2.45, 2.75) is 26.8 Å². The van der Waals surface area contributed by atoms with Crippen LogP contribution in [0.2, 0.25) is 0 Å². The maximum Gasteiger partial charge on any atom is 0.00721 e. The van der Waals surface area contributed by atoms with Crippen LogP contribution in [0.1, 0.15) is 20.8 Å². The molecule has 0 aromatic heterocycles. The van der Waals surface area contributed by atoms with E-state index in [4.69, 9.17) is 0 Å². The minimum absolute atomic E-state index is 0.664. The third kappa shape index (κ3) is 4.18. The average molecular weight is 161 g/mol. The van der Waals surface area contributed by atoms with E-state index >= 15 is 0 Å². The highest BCUT2D eigenvalue weighted by molar-refractivity contribution is 7.98. The molecule has 0 saturated heterocycles. The van der Waals surface area contributed by atoms with E-state index in [2.05, 4.69) is 32.3 Å². The molecule has 0 aliphatic heterocycles. The summed E-state index contributed by atoms with van der Waals surface area (Å²) in [6, 6.07) is 0.664. The van der Waals surface area contributed by atoms with Crippen LogP contribution in [0, 0.1) is 5.92 Å². The van der Waals surface area contributed by atoms with Gasteiger partial charge < -0.3 is 5.32 Å². The van der Waals surface area contributed by atoms with Crippen molar-refractivity contribution in [3.05, 3.63) is 0 Å². The Morgan fingerprint density at radius 3 is 2.40 bits per heavy atom. The summed E-state index contributed by atoms with van der Waals surface area (Å²) in [5, 5.41) is 3.42. The Kier molecular flexibility index (Phi) is 6.24. The molecule has 0 spiro atoms. The predicted octanol–water partition coefficient (Wildman–Crippen LogP) is 1.98. The smallest absolute Gasteiger partial charge is 0.00721 e. The fourth-order valence-corrected chi connectivity index (χ4v) is 1.74. The lowest BCUT2D eigenvalue weighted by atomic mass is 10.1. The minimum Gasteiger partial charge on any atom is -0.314 e. The third-order valence-corrected chi connectivity index (χ3v) is 2.67. The van der Waals surface area contributed by atoms with Gasteiger partial charge in [0.05, 0.1) is 0 Å². The lowest BCUT2D eigenvalue weighted by Gasteiger charge is -2.19. The van der Waals surface area contributed by atoms with Crippen molar-refractivity contribution in [2.75, 3.05) is 18.6 Å². The van der Waals surface area contributed by atoms with Crippen molar-refractivity contribution < 1.29 is 0 Å². The fourth-order valence-electron chi connectivity index (χ4n) is 0.930. The molecule has 10 heavy (non-hydrogen) atoms. The van der Waals surface area contributed by atoms with Crippen LogP contribution in [0.15, 0.2) is 0 Å². The van der Waals surface area contributed by atoms with Crippen LogP contribution in [0.3, 0.4) is 0 Å². The molecule has 0 aromatic carbocycles. The van der Waals surface area contributed by atoms with Gasteiger partial charge in [0.15, 0.2) is 0 Å². The van der Waals surface area contributed by atoms with Gasteiger partial charge >= 0.3 is 0 Å². The Morgan fingerprint density at radius 1 is 1.40 bits per heavy atom. The zero-order valence-corrected chi connectivity index (χ0v) is 8.29. The summed E-state index contributed by atoms with van der Waals surface area (Å²) in [6.07, 6.45) is 2.16. The van der Waals surface area contributed by atoms with E-state index in [0.29, 0.717) is 6.04 Å².